The second-order valence-corrected chi connectivity index (χ2v) is 13.5. The van der Waals surface area contributed by atoms with E-state index < -0.39 is 0 Å². The molecule has 210 valence electrons. The summed E-state index contributed by atoms with van der Waals surface area (Å²) in [6.45, 7) is 4.63. The minimum Gasteiger partial charge on any atom is -0.241 e. The molecule has 0 amide bonds. The molecule has 3 aliphatic carbocycles. The van der Waals surface area contributed by atoms with Crippen molar-refractivity contribution in [1.82, 2.24) is 9.97 Å². The van der Waals surface area contributed by atoms with Crippen LogP contribution in [0.3, 0.4) is 0 Å². The summed E-state index contributed by atoms with van der Waals surface area (Å²) in [6, 6.07) is 0. The van der Waals surface area contributed by atoms with Gasteiger partial charge in [-0.2, -0.15) is 0 Å². The molecule has 1 aromatic rings. The molecular formula is C35H60N2. The van der Waals surface area contributed by atoms with E-state index in [0.29, 0.717) is 11.8 Å². The lowest BCUT2D eigenvalue weighted by Gasteiger charge is -2.38. The average Bonchev–Trinajstić information content (AvgIpc) is 2.96. The van der Waals surface area contributed by atoms with Crippen LogP contribution in [-0.4, -0.2) is 9.97 Å². The summed E-state index contributed by atoms with van der Waals surface area (Å²) < 4.78 is 0. The smallest absolute Gasteiger partial charge is 0.131 e. The largest absolute Gasteiger partial charge is 0.241 e. The van der Waals surface area contributed by atoms with Crippen LogP contribution >= 0.6 is 0 Å². The third-order valence-electron chi connectivity index (χ3n) is 10.9. The van der Waals surface area contributed by atoms with Gasteiger partial charge in [0.05, 0.1) is 0 Å². The van der Waals surface area contributed by atoms with Crippen molar-refractivity contribution in [3.05, 3.63) is 23.8 Å². The number of nitrogens with zero attached hydrogens (tertiary/aromatic N) is 2. The minimum absolute atomic E-state index is 0.614. The molecule has 0 saturated heterocycles. The van der Waals surface area contributed by atoms with Crippen LogP contribution in [0.4, 0.5) is 0 Å². The zero-order valence-corrected chi connectivity index (χ0v) is 24.8. The third kappa shape index (κ3) is 9.35. The highest BCUT2D eigenvalue weighted by molar-refractivity contribution is 5.14. The molecule has 3 fully saturated rings. The topological polar surface area (TPSA) is 25.8 Å². The molecule has 0 radical (unpaired) electrons. The Balaban J connectivity index is 1.10. The molecule has 0 atom stereocenters. The van der Waals surface area contributed by atoms with E-state index in [1.165, 1.54) is 153 Å². The third-order valence-corrected chi connectivity index (χ3v) is 10.9. The summed E-state index contributed by atoms with van der Waals surface area (Å²) in [4.78, 5) is 9.84. The van der Waals surface area contributed by atoms with Crippen LogP contribution < -0.4 is 0 Å². The van der Waals surface area contributed by atoms with Gasteiger partial charge in [0.15, 0.2) is 0 Å². The molecule has 37 heavy (non-hydrogen) atoms. The molecule has 3 saturated carbocycles. The summed E-state index contributed by atoms with van der Waals surface area (Å²) in [5.41, 5.74) is 1.43. The van der Waals surface area contributed by atoms with Crippen LogP contribution in [0.25, 0.3) is 0 Å². The molecule has 2 nitrogen and oxygen atoms in total. The first-order valence-electron chi connectivity index (χ1n) is 17.1. The van der Waals surface area contributed by atoms with Crippen LogP contribution in [0.5, 0.6) is 0 Å². The van der Waals surface area contributed by atoms with E-state index in [2.05, 4.69) is 26.2 Å². The minimum atomic E-state index is 0.614. The predicted molar refractivity (Wildman–Crippen MR) is 159 cm³/mol. The Hall–Kier alpha value is -0.920. The first-order chi connectivity index (χ1) is 18.3. The SMILES string of the molecule is CCCCCCCCC[C@H]1CC[C@H]([C@H]2CC[C@H](c3cnc([C@H]4CC[C@H](CCCC)CC4)nc3)CC2)CC1. The molecule has 0 N–H and O–H groups in total. The second kappa shape index (κ2) is 16.2. The van der Waals surface area contributed by atoms with E-state index in [9.17, 15) is 0 Å². The molecule has 0 unspecified atom stereocenters. The lowest BCUT2D eigenvalue weighted by Crippen LogP contribution is -2.25. The zero-order chi connectivity index (χ0) is 25.7. The van der Waals surface area contributed by atoms with Crippen LogP contribution in [0, 0.1) is 23.7 Å². The predicted octanol–water partition coefficient (Wildman–Crippen LogP) is 11.2. The van der Waals surface area contributed by atoms with Crippen molar-refractivity contribution in [2.75, 3.05) is 0 Å². The number of hydrogen-bond acceptors (Lipinski definition) is 2. The summed E-state index contributed by atoms with van der Waals surface area (Å²) in [5.74, 6) is 6.50. The quantitative estimate of drug-likeness (QED) is 0.233. The molecular weight excluding hydrogens is 448 g/mol. The molecule has 1 aromatic heterocycles. The molecule has 2 heteroatoms. The fourth-order valence-corrected chi connectivity index (χ4v) is 8.23. The summed E-state index contributed by atoms with van der Waals surface area (Å²) in [7, 11) is 0. The number of unbranched alkanes of at least 4 members (excludes halogenated alkanes) is 7. The Morgan fingerprint density at radius 3 is 1.57 bits per heavy atom. The van der Waals surface area contributed by atoms with Crippen LogP contribution in [-0.2, 0) is 0 Å². The van der Waals surface area contributed by atoms with E-state index in [-0.39, 0.29) is 0 Å². The van der Waals surface area contributed by atoms with Gasteiger partial charge < -0.3 is 0 Å². The van der Waals surface area contributed by atoms with Crippen LogP contribution in [0.1, 0.15) is 185 Å². The Labute approximate surface area is 230 Å². The maximum atomic E-state index is 4.92. The fourth-order valence-electron chi connectivity index (χ4n) is 8.23. The molecule has 3 aliphatic rings. The summed E-state index contributed by atoms with van der Waals surface area (Å²) in [6.07, 6.45) is 37.4. The molecule has 1 heterocycles. The number of aromatic nitrogens is 2. The van der Waals surface area contributed by atoms with Crippen LogP contribution in [0.2, 0.25) is 0 Å². The Kier molecular flexibility index (Phi) is 12.8. The summed E-state index contributed by atoms with van der Waals surface area (Å²) >= 11 is 0. The van der Waals surface area contributed by atoms with Crippen molar-refractivity contribution < 1.29 is 0 Å². The van der Waals surface area contributed by atoms with Gasteiger partial charge in [0.1, 0.15) is 5.82 Å². The molecule has 0 spiro atoms. The molecule has 0 aliphatic heterocycles. The van der Waals surface area contributed by atoms with Gasteiger partial charge in [0.2, 0.25) is 0 Å². The first kappa shape index (κ1) is 29.1. The maximum Gasteiger partial charge on any atom is 0.131 e. The Morgan fingerprint density at radius 2 is 0.973 bits per heavy atom. The lowest BCUT2D eigenvalue weighted by atomic mass is 9.68. The van der Waals surface area contributed by atoms with Crippen molar-refractivity contribution >= 4 is 0 Å². The van der Waals surface area contributed by atoms with Gasteiger partial charge in [-0.3, -0.25) is 0 Å². The van der Waals surface area contributed by atoms with Gasteiger partial charge in [-0.1, -0.05) is 97.3 Å². The second-order valence-electron chi connectivity index (χ2n) is 13.5. The van der Waals surface area contributed by atoms with Crippen molar-refractivity contribution in [2.24, 2.45) is 23.7 Å². The van der Waals surface area contributed by atoms with Crippen molar-refractivity contribution in [1.29, 1.82) is 0 Å². The molecule has 0 aromatic carbocycles. The van der Waals surface area contributed by atoms with E-state index >= 15 is 0 Å². The highest BCUT2D eigenvalue weighted by atomic mass is 14.9. The monoisotopic (exact) mass is 508 g/mol. The van der Waals surface area contributed by atoms with Gasteiger partial charge in [0.25, 0.3) is 0 Å². The Bertz CT molecular complexity index is 703. The van der Waals surface area contributed by atoms with Gasteiger partial charge >= 0.3 is 0 Å². The average molecular weight is 509 g/mol. The van der Waals surface area contributed by atoms with Gasteiger partial charge in [-0.05, 0) is 99.4 Å². The van der Waals surface area contributed by atoms with Crippen LogP contribution in [0.15, 0.2) is 12.4 Å². The maximum absolute atomic E-state index is 4.92. The van der Waals surface area contributed by atoms with Crippen molar-refractivity contribution in [2.45, 2.75) is 173 Å². The number of hydrogen-bond donors (Lipinski definition) is 0. The number of rotatable bonds is 14. The molecule has 4 rings (SSSR count). The lowest BCUT2D eigenvalue weighted by molar-refractivity contribution is 0.155. The van der Waals surface area contributed by atoms with E-state index in [0.717, 1.165) is 29.5 Å². The fraction of sp³-hybridized carbons (Fsp3) is 0.886. The van der Waals surface area contributed by atoms with E-state index in [1.807, 2.05) is 0 Å². The van der Waals surface area contributed by atoms with Crippen molar-refractivity contribution in [3.8, 4) is 0 Å². The summed E-state index contributed by atoms with van der Waals surface area (Å²) in [5, 5.41) is 0. The Morgan fingerprint density at radius 1 is 0.514 bits per heavy atom. The standard InChI is InChI=1S/C35H60N2/c1-3-5-7-8-9-10-11-13-29-14-18-30(19-15-29)31-22-24-32(25-23-31)34-26-36-35(37-27-34)33-20-16-28(17-21-33)12-6-4-2/h26-33H,3-25H2,1-2H3/t28-,29-,30-,31-,32-,33-. The zero-order valence-electron chi connectivity index (χ0n) is 24.8. The highest BCUT2D eigenvalue weighted by Gasteiger charge is 2.31. The van der Waals surface area contributed by atoms with Gasteiger partial charge in [-0.15, -0.1) is 0 Å². The van der Waals surface area contributed by atoms with Gasteiger partial charge in [-0.25, -0.2) is 9.97 Å². The first-order valence-corrected chi connectivity index (χ1v) is 17.1. The van der Waals surface area contributed by atoms with Crippen molar-refractivity contribution in [3.63, 3.8) is 0 Å². The normalized spacial score (nSPS) is 30.9. The molecule has 0 bridgehead atoms. The highest BCUT2D eigenvalue weighted by Crippen LogP contribution is 2.44. The van der Waals surface area contributed by atoms with Gasteiger partial charge in [0, 0.05) is 18.3 Å². The van der Waals surface area contributed by atoms with E-state index in [4.69, 9.17) is 9.97 Å². The van der Waals surface area contributed by atoms with E-state index in [1.54, 1.807) is 0 Å².